The van der Waals surface area contributed by atoms with E-state index in [2.05, 4.69) is 19.9 Å². The number of amides is 1. The van der Waals surface area contributed by atoms with Gasteiger partial charge in [0.1, 0.15) is 11.3 Å². The van der Waals surface area contributed by atoms with Gasteiger partial charge in [0.15, 0.2) is 11.3 Å². The molecule has 2 fully saturated rings. The number of carboxylic acids is 1. The lowest BCUT2D eigenvalue weighted by atomic mass is 9.80. The number of halogens is 2. The van der Waals surface area contributed by atoms with E-state index in [1.54, 1.807) is 23.0 Å². The zero-order valence-electron chi connectivity index (χ0n) is 21.2. The molecule has 38 heavy (non-hydrogen) atoms. The van der Waals surface area contributed by atoms with Crippen molar-refractivity contribution in [3.8, 4) is 0 Å². The number of hydrogen-bond donors (Lipinski definition) is 2. The molecule has 0 spiro atoms. The van der Waals surface area contributed by atoms with Crippen LogP contribution in [0.15, 0.2) is 24.4 Å². The summed E-state index contributed by atoms with van der Waals surface area (Å²) in [5.41, 5.74) is 7.30. The lowest BCUT2D eigenvalue weighted by Crippen LogP contribution is -2.54. The molecule has 202 valence electrons. The number of aliphatic carboxylic acids is 1. The number of anilines is 1. The predicted molar refractivity (Wildman–Crippen MR) is 146 cm³/mol. The van der Waals surface area contributed by atoms with Crippen molar-refractivity contribution in [2.75, 3.05) is 37.6 Å². The van der Waals surface area contributed by atoms with Crippen molar-refractivity contribution in [2.45, 2.75) is 38.6 Å². The molecule has 10 nitrogen and oxygen atoms in total. The number of rotatable bonds is 9. The Labute approximate surface area is 230 Å². The summed E-state index contributed by atoms with van der Waals surface area (Å²) in [5.74, 6) is 0.461. The number of carbonyl (C=O) groups excluding carboxylic acids is 1. The molecule has 5 rings (SSSR count). The van der Waals surface area contributed by atoms with Crippen LogP contribution < -0.4 is 10.6 Å². The maximum absolute atomic E-state index is 12.1. The summed E-state index contributed by atoms with van der Waals surface area (Å²) in [5, 5.41) is 14.4. The van der Waals surface area contributed by atoms with Crippen LogP contribution in [-0.4, -0.2) is 74.4 Å². The summed E-state index contributed by atoms with van der Waals surface area (Å²) in [6, 6.07) is 4.93. The normalized spacial score (nSPS) is 19.4. The van der Waals surface area contributed by atoms with Gasteiger partial charge in [0, 0.05) is 36.1 Å². The first kappa shape index (κ1) is 26.6. The topological polar surface area (TPSA) is 130 Å². The van der Waals surface area contributed by atoms with Gasteiger partial charge in [-0.2, -0.15) is 5.10 Å². The average Bonchev–Trinajstić information content (AvgIpc) is 3.22. The highest BCUT2D eigenvalue weighted by atomic mass is 35.5. The second-order valence-corrected chi connectivity index (χ2v) is 11.1. The molecule has 2 aliphatic rings. The Morgan fingerprint density at radius 3 is 2.71 bits per heavy atom. The lowest BCUT2D eigenvalue weighted by molar-refractivity contribution is -0.137. The van der Waals surface area contributed by atoms with Crippen LogP contribution in [0.25, 0.3) is 11.2 Å². The van der Waals surface area contributed by atoms with Crippen LogP contribution in [0.5, 0.6) is 0 Å². The molecule has 2 aromatic heterocycles. The Balaban J connectivity index is 1.32. The smallest absolute Gasteiger partial charge is 0.303 e. The number of benzene rings is 1. The van der Waals surface area contributed by atoms with E-state index in [-0.39, 0.29) is 18.2 Å². The van der Waals surface area contributed by atoms with Crippen molar-refractivity contribution in [3.63, 3.8) is 0 Å². The SMILES string of the molecule is C[C@H](c1ccc(Cl)cc1Cl)n1nc(C(N)=O)c2ncc(N3CC([C@@H]4CCCN(CCCC(=O)O)C4)C3)nc21. The molecular weight excluding hydrogens is 529 g/mol. The quantitative estimate of drug-likeness (QED) is 0.404. The molecular formula is C26H31Cl2N7O3. The van der Waals surface area contributed by atoms with Crippen LogP contribution in [0.3, 0.4) is 0 Å². The van der Waals surface area contributed by atoms with Crippen molar-refractivity contribution in [3.05, 3.63) is 45.7 Å². The van der Waals surface area contributed by atoms with Gasteiger partial charge in [-0.05, 0) is 68.8 Å². The average molecular weight is 560 g/mol. The van der Waals surface area contributed by atoms with Gasteiger partial charge in [-0.1, -0.05) is 29.3 Å². The van der Waals surface area contributed by atoms with Gasteiger partial charge in [-0.15, -0.1) is 0 Å². The number of nitrogens with zero attached hydrogens (tertiary/aromatic N) is 6. The summed E-state index contributed by atoms with van der Waals surface area (Å²) < 4.78 is 1.65. The van der Waals surface area contributed by atoms with Crippen molar-refractivity contribution in [1.29, 1.82) is 0 Å². The van der Waals surface area contributed by atoms with Crippen molar-refractivity contribution in [2.24, 2.45) is 17.6 Å². The zero-order valence-corrected chi connectivity index (χ0v) is 22.7. The molecule has 0 bridgehead atoms. The number of carbonyl (C=O) groups is 2. The fourth-order valence-corrected chi connectivity index (χ4v) is 6.16. The maximum Gasteiger partial charge on any atom is 0.303 e. The van der Waals surface area contributed by atoms with Crippen molar-refractivity contribution in [1.82, 2.24) is 24.6 Å². The van der Waals surface area contributed by atoms with E-state index in [0.717, 1.165) is 50.5 Å². The molecule has 2 saturated heterocycles. The second kappa shape index (κ2) is 11.0. The Morgan fingerprint density at radius 1 is 1.21 bits per heavy atom. The molecule has 2 aliphatic heterocycles. The minimum Gasteiger partial charge on any atom is -0.481 e. The first-order valence-corrected chi connectivity index (χ1v) is 13.7. The number of hydrogen-bond acceptors (Lipinski definition) is 7. The molecule has 1 aromatic carbocycles. The van der Waals surface area contributed by atoms with Gasteiger partial charge in [-0.25, -0.2) is 14.6 Å². The van der Waals surface area contributed by atoms with Gasteiger partial charge >= 0.3 is 5.97 Å². The van der Waals surface area contributed by atoms with E-state index >= 15 is 0 Å². The van der Waals surface area contributed by atoms with Crippen molar-refractivity contribution < 1.29 is 14.7 Å². The molecule has 3 aromatic rings. The zero-order chi connectivity index (χ0) is 27.0. The molecule has 3 N–H and O–H groups in total. The molecule has 1 amide bonds. The summed E-state index contributed by atoms with van der Waals surface area (Å²) in [6.45, 7) is 6.56. The molecule has 0 radical (unpaired) electrons. The fraction of sp³-hybridized carbons (Fsp3) is 0.500. The first-order valence-electron chi connectivity index (χ1n) is 12.9. The lowest BCUT2D eigenvalue weighted by Gasteiger charge is -2.47. The van der Waals surface area contributed by atoms with E-state index in [1.807, 2.05) is 13.0 Å². The Bertz CT molecular complexity index is 1360. The van der Waals surface area contributed by atoms with E-state index in [0.29, 0.717) is 39.5 Å². The number of fused-ring (bicyclic) bond motifs is 1. The largest absolute Gasteiger partial charge is 0.481 e. The minimum atomic E-state index is -0.735. The molecule has 0 aliphatic carbocycles. The summed E-state index contributed by atoms with van der Waals surface area (Å²) in [7, 11) is 0. The summed E-state index contributed by atoms with van der Waals surface area (Å²) >= 11 is 12.5. The highest BCUT2D eigenvalue weighted by Crippen LogP contribution is 2.35. The number of nitrogens with two attached hydrogens (primary N) is 1. The van der Waals surface area contributed by atoms with E-state index < -0.39 is 11.9 Å². The maximum atomic E-state index is 12.1. The molecule has 12 heteroatoms. The fourth-order valence-electron chi connectivity index (χ4n) is 5.59. The predicted octanol–water partition coefficient (Wildman–Crippen LogP) is 3.85. The minimum absolute atomic E-state index is 0.0719. The van der Waals surface area contributed by atoms with E-state index in [1.165, 1.54) is 6.42 Å². The van der Waals surface area contributed by atoms with E-state index in [4.69, 9.17) is 39.0 Å². The summed E-state index contributed by atoms with van der Waals surface area (Å²) in [6.07, 6.45) is 4.91. The molecule has 0 saturated carbocycles. The van der Waals surface area contributed by atoms with Crippen LogP contribution in [-0.2, 0) is 4.79 Å². The van der Waals surface area contributed by atoms with Gasteiger partial charge in [0.2, 0.25) is 0 Å². The molecule has 4 heterocycles. The van der Waals surface area contributed by atoms with Gasteiger partial charge in [-0.3, -0.25) is 9.59 Å². The number of carboxylic acid groups (broad SMARTS) is 1. The molecule has 0 unspecified atom stereocenters. The van der Waals surface area contributed by atoms with Crippen LogP contribution in [0.4, 0.5) is 5.82 Å². The highest BCUT2D eigenvalue weighted by Gasteiger charge is 2.37. The van der Waals surface area contributed by atoms with Crippen LogP contribution in [0.1, 0.15) is 54.7 Å². The monoisotopic (exact) mass is 559 g/mol. The third-order valence-electron chi connectivity index (χ3n) is 7.71. The Morgan fingerprint density at radius 2 is 2.00 bits per heavy atom. The first-order chi connectivity index (χ1) is 18.2. The molecule has 2 atom stereocenters. The standard InChI is InChI=1S/C26H31Cl2N7O3/c1-15(19-7-6-18(27)10-20(19)28)35-26-24(23(32-35)25(29)38)30-11-21(31-26)34-13-17(14-34)16-4-2-8-33(12-16)9-3-5-22(36)37/h6-7,10-11,15-17H,2-5,8-9,12-14H2,1H3,(H2,29,38)(H,36,37)/t15-,16-/m1/s1. The highest BCUT2D eigenvalue weighted by molar-refractivity contribution is 6.35. The number of piperidine rings is 1. The van der Waals surface area contributed by atoms with Crippen molar-refractivity contribution >= 4 is 52.1 Å². The van der Waals surface area contributed by atoms with Crippen LogP contribution in [0, 0.1) is 11.8 Å². The van der Waals surface area contributed by atoms with Crippen LogP contribution >= 0.6 is 23.2 Å². The third-order valence-corrected chi connectivity index (χ3v) is 8.27. The third kappa shape index (κ3) is 5.43. The summed E-state index contributed by atoms with van der Waals surface area (Å²) in [4.78, 5) is 37.0. The van der Waals surface area contributed by atoms with Gasteiger partial charge in [0.05, 0.1) is 12.2 Å². The Kier molecular flexibility index (Phi) is 7.74. The number of aromatic nitrogens is 4. The van der Waals surface area contributed by atoms with Gasteiger partial charge in [0.25, 0.3) is 5.91 Å². The Hall–Kier alpha value is -2.95. The van der Waals surface area contributed by atoms with E-state index in [9.17, 15) is 9.59 Å². The number of likely N-dealkylation sites (tertiary alicyclic amines) is 1. The number of primary amides is 1. The second-order valence-electron chi connectivity index (χ2n) is 10.3. The van der Waals surface area contributed by atoms with Crippen LogP contribution in [0.2, 0.25) is 10.0 Å². The van der Waals surface area contributed by atoms with Gasteiger partial charge < -0.3 is 20.6 Å².